The van der Waals surface area contributed by atoms with Crippen LogP contribution in [0.2, 0.25) is 0 Å². The Morgan fingerprint density at radius 3 is 2.67 bits per heavy atom. The molecule has 2 atom stereocenters. The van der Waals surface area contributed by atoms with Gasteiger partial charge in [0.25, 0.3) is 0 Å². The minimum absolute atomic E-state index is 0.0360. The molecule has 0 aromatic carbocycles. The van der Waals surface area contributed by atoms with Crippen molar-refractivity contribution in [1.82, 2.24) is 4.90 Å². The highest BCUT2D eigenvalue weighted by Crippen LogP contribution is 2.34. The molecule has 1 saturated heterocycles. The zero-order valence-electron chi connectivity index (χ0n) is 9.82. The Morgan fingerprint density at radius 1 is 1.53 bits per heavy atom. The highest BCUT2D eigenvalue weighted by Gasteiger charge is 2.47. The monoisotopic (exact) mass is 231 g/mol. The lowest BCUT2D eigenvalue weighted by Crippen LogP contribution is -2.58. The quantitative estimate of drug-likeness (QED) is 0.747. The summed E-state index contributed by atoms with van der Waals surface area (Å²) in [4.78, 5) is 14.0. The number of piperidine rings is 1. The molecule has 1 heterocycles. The number of carbonyl (C=O) groups is 1. The van der Waals surface area contributed by atoms with Gasteiger partial charge in [0, 0.05) is 19.7 Å². The zero-order chi connectivity index (χ0) is 11.5. The average molecular weight is 231 g/mol. The number of carbonyl (C=O) groups excluding carboxylic acids is 1. The minimum Gasteiger partial charge on any atom is -0.376 e. The summed E-state index contributed by atoms with van der Waals surface area (Å²) < 4.78 is 5.01. The van der Waals surface area contributed by atoms with Gasteiger partial charge in [0.1, 0.15) is 4.75 Å². The predicted octanol–water partition coefficient (Wildman–Crippen LogP) is 1.72. The number of likely N-dealkylation sites (tertiary alicyclic amines) is 1. The number of ether oxygens (including phenoxy) is 1. The van der Waals surface area contributed by atoms with Crippen LogP contribution in [0.25, 0.3) is 0 Å². The molecule has 4 heteroatoms. The van der Waals surface area contributed by atoms with Crippen molar-refractivity contribution in [2.45, 2.75) is 44.5 Å². The SMILES string of the molecule is CCOC1CCN(CC)C(=O)C1(S)CC. The van der Waals surface area contributed by atoms with Crippen molar-refractivity contribution in [2.24, 2.45) is 0 Å². The second-order valence-corrected chi connectivity index (χ2v) is 4.69. The smallest absolute Gasteiger partial charge is 0.241 e. The van der Waals surface area contributed by atoms with Crippen molar-refractivity contribution < 1.29 is 9.53 Å². The zero-order valence-corrected chi connectivity index (χ0v) is 10.7. The van der Waals surface area contributed by atoms with Gasteiger partial charge in [-0.15, -0.1) is 0 Å². The van der Waals surface area contributed by atoms with E-state index in [4.69, 9.17) is 4.74 Å². The van der Waals surface area contributed by atoms with Crippen LogP contribution in [0.15, 0.2) is 0 Å². The maximum absolute atomic E-state index is 12.2. The van der Waals surface area contributed by atoms with Crippen LogP contribution in [0.1, 0.15) is 33.6 Å². The van der Waals surface area contributed by atoms with Crippen molar-refractivity contribution in [2.75, 3.05) is 19.7 Å². The lowest BCUT2D eigenvalue weighted by atomic mass is 9.90. The second kappa shape index (κ2) is 5.21. The molecule has 1 rings (SSSR count). The first-order valence-electron chi connectivity index (χ1n) is 5.73. The average Bonchev–Trinajstić information content (AvgIpc) is 2.25. The first-order chi connectivity index (χ1) is 7.10. The molecule has 0 aromatic heterocycles. The molecule has 3 nitrogen and oxygen atoms in total. The number of hydrogen-bond acceptors (Lipinski definition) is 3. The summed E-state index contributed by atoms with van der Waals surface area (Å²) in [7, 11) is 0. The van der Waals surface area contributed by atoms with Crippen LogP contribution in [0.4, 0.5) is 0 Å². The van der Waals surface area contributed by atoms with E-state index < -0.39 is 4.75 Å². The fraction of sp³-hybridized carbons (Fsp3) is 0.909. The first-order valence-corrected chi connectivity index (χ1v) is 6.18. The highest BCUT2D eigenvalue weighted by molar-refractivity contribution is 7.82. The van der Waals surface area contributed by atoms with Gasteiger partial charge in [-0.1, -0.05) is 6.92 Å². The molecule has 2 unspecified atom stereocenters. The van der Waals surface area contributed by atoms with Crippen LogP contribution in [-0.2, 0) is 9.53 Å². The van der Waals surface area contributed by atoms with Crippen LogP contribution in [0.3, 0.4) is 0 Å². The molecule has 0 aliphatic carbocycles. The fourth-order valence-corrected chi connectivity index (χ4v) is 2.47. The van der Waals surface area contributed by atoms with Gasteiger partial charge in [0.05, 0.1) is 6.10 Å². The van der Waals surface area contributed by atoms with Crippen molar-refractivity contribution >= 4 is 18.5 Å². The molecule has 0 saturated carbocycles. The molecule has 0 N–H and O–H groups in total. The molecular formula is C11H21NO2S. The Kier molecular flexibility index (Phi) is 4.46. The Balaban J connectivity index is 2.83. The molecule has 0 spiro atoms. The van der Waals surface area contributed by atoms with Gasteiger partial charge in [0.2, 0.25) is 5.91 Å². The Morgan fingerprint density at radius 2 is 2.20 bits per heavy atom. The topological polar surface area (TPSA) is 29.5 Å². The van der Waals surface area contributed by atoms with Crippen LogP contribution >= 0.6 is 12.6 Å². The summed E-state index contributed by atoms with van der Waals surface area (Å²) in [6.45, 7) is 8.16. The van der Waals surface area contributed by atoms with Gasteiger partial charge in [-0.3, -0.25) is 4.79 Å². The van der Waals surface area contributed by atoms with E-state index in [1.54, 1.807) is 0 Å². The number of nitrogens with zero attached hydrogens (tertiary/aromatic N) is 1. The maximum Gasteiger partial charge on any atom is 0.241 e. The molecule has 0 radical (unpaired) electrons. The summed E-state index contributed by atoms with van der Waals surface area (Å²) in [5.74, 6) is 0.125. The molecule has 1 aliphatic rings. The number of thiol groups is 1. The summed E-state index contributed by atoms with van der Waals surface area (Å²) in [6, 6.07) is 0. The van der Waals surface area contributed by atoms with Gasteiger partial charge in [0.15, 0.2) is 0 Å². The van der Waals surface area contributed by atoms with Crippen molar-refractivity contribution in [3.63, 3.8) is 0 Å². The van der Waals surface area contributed by atoms with E-state index in [2.05, 4.69) is 12.6 Å². The number of amides is 1. The second-order valence-electron chi connectivity index (χ2n) is 3.90. The molecule has 1 fully saturated rings. The summed E-state index contributed by atoms with van der Waals surface area (Å²) in [5.41, 5.74) is 0. The van der Waals surface area contributed by atoms with Crippen LogP contribution in [0.5, 0.6) is 0 Å². The van der Waals surface area contributed by atoms with E-state index in [1.165, 1.54) is 0 Å². The third-order valence-corrected chi connectivity index (χ3v) is 3.94. The van der Waals surface area contributed by atoms with E-state index in [0.29, 0.717) is 6.61 Å². The third-order valence-electron chi connectivity index (χ3n) is 3.14. The maximum atomic E-state index is 12.2. The third kappa shape index (κ3) is 2.31. The highest BCUT2D eigenvalue weighted by atomic mass is 32.1. The summed E-state index contributed by atoms with van der Waals surface area (Å²) in [6.07, 6.45) is 1.58. The van der Waals surface area contributed by atoms with E-state index in [0.717, 1.165) is 25.9 Å². The van der Waals surface area contributed by atoms with Crippen molar-refractivity contribution in [3.8, 4) is 0 Å². The molecular weight excluding hydrogens is 210 g/mol. The summed E-state index contributed by atoms with van der Waals surface area (Å²) in [5, 5.41) is 0. The molecule has 0 aromatic rings. The minimum atomic E-state index is -0.621. The molecule has 0 bridgehead atoms. The van der Waals surface area contributed by atoms with Gasteiger partial charge in [-0.05, 0) is 26.7 Å². The van der Waals surface area contributed by atoms with E-state index in [1.807, 2.05) is 25.7 Å². The fourth-order valence-electron chi connectivity index (χ4n) is 2.13. The van der Waals surface area contributed by atoms with Crippen LogP contribution in [0, 0.1) is 0 Å². The van der Waals surface area contributed by atoms with Gasteiger partial charge < -0.3 is 9.64 Å². The molecule has 1 amide bonds. The standard InChI is InChI=1S/C11H21NO2S/c1-4-11(15)9(14-6-3)7-8-12(5-2)10(11)13/h9,15H,4-8H2,1-3H3. The molecule has 1 aliphatic heterocycles. The van der Waals surface area contributed by atoms with Crippen LogP contribution < -0.4 is 0 Å². The lowest BCUT2D eigenvalue weighted by Gasteiger charge is -2.43. The summed E-state index contributed by atoms with van der Waals surface area (Å²) >= 11 is 4.57. The van der Waals surface area contributed by atoms with Gasteiger partial charge in [-0.25, -0.2) is 0 Å². The molecule has 15 heavy (non-hydrogen) atoms. The largest absolute Gasteiger partial charge is 0.376 e. The number of hydrogen-bond donors (Lipinski definition) is 1. The number of rotatable bonds is 4. The van der Waals surface area contributed by atoms with E-state index in [-0.39, 0.29) is 12.0 Å². The van der Waals surface area contributed by atoms with Gasteiger partial charge >= 0.3 is 0 Å². The Bertz CT molecular complexity index is 235. The first kappa shape index (κ1) is 12.8. The van der Waals surface area contributed by atoms with Gasteiger partial charge in [-0.2, -0.15) is 12.6 Å². The molecule has 88 valence electrons. The van der Waals surface area contributed by atoms with E-state index >= 15 is 0 Å². The Labute approximate surface area is 97.6 Å². The van der Waals surface area contributed by atoms with Crippen molar-refractivity contribution in [1.29, 1.82) is 0 Å². The normalized spacial score (nSPS) is 32.1. The predicted molar refractivity (Wildman–Crippen MR) is 64.3 cm³/mol. The van der Waals surface area contributed by atoms with E-state index in [9.17, 15) is 4.79 Å². The van der Waals surface area contributed by atoms with Crippen LogP contribution in [-0.4, -0.2) is 41.4 Å². The lowest BCUT2D eigenvalue weighted by molar-refractivity contribution is -0.143. The van der Waals surface area contributed by atoms with Crippen molar-refractivity contribution in [3.05, 3.63) is 0 Å². The Hall–Kier alpha value is -0.220.